The van der Waals surface area contributed by atoms with E-state index in [1.165, 1.54) is 31.2 Å². The molecule has 1 N–H and O–H groups in total. The van der Waals surface area contributed by atoms with Gasteiger partial charge in [0.05, 0.1) is 11.1 Å². The number of hydrogen-bond donors (Lipinski definition) is 1. The first-order valence-electron chi connectivity index (χ1n) is 8.73. The van der Waals surface area contributed by atoms with E-state index >= 15 is 0 Å². The number of Topliss-reactive ketones (excluding diaryl/α,β-unsaturated/α-hetero) is 1. The third-order valence-electron chi connectivity index (χ3n) is 4.52. The zero-order valence-corrected chi connectivity index (χ0v) is 15.6. The molecule has 29 heavy (non-hydrogen) atoms. The van der Waals surface area contributed by atoms with Crippen LogP contribution in [0.5, 0.6) is 0 Å². The number of amides is 3. The molecule has 8 heteroatoms. The van der Waals surface area contributed by atoms with Crippen molar-refractivity contribution in [1.82, 2.24) is 5.16 Å². The summed E-state index contributed by atoms with van der Waals surface area (Å²) in [5, 5.41) is 6.41. The van der Waals surface area contributed by atoms with E-state index in [1.54, 1.807) is 31.2 Å². The van der Waals surface area contributed by atoms with Crippen LogP contribution in [0.1, 0.15) is 54.1 Å². The first-order chi connectivity index (χ1) is 13.8. The fraction of sp³-hybridized carbons (Fsp3) is 0.0952. The maximum absolute atomic E-state index is 12.7. The summed E-state index contributed by atoms with van der Waals surface area (Å²) in [6.45, 7) is 3.09. The normalized spacial score (nSPS) is 12.8. The smallest absolute Gasteiger partial charge is 0.267 e. The lowest BCUT2D eigenvalue weighted by Gasteiger charge is -2.08. The summed E-state index contributed by atoms with van der Waals surface area (Å²) in [5.41, 5.74) is 1.42. The minimum Gasteiger partial charge on any atom is -0.360 e. The number of hydrogen-bond acceptors (Lipinski definition) is 6. The monoisotopic (exact) mass is 389 g/mol. The average Bonchev–Trinajstić information content (AvgIpc) is 3.22. The molecule has 0 spiro atoms. The standard InChI is InChI=1S/C21H15N3O5/c1-11-8-18(23-29-11)24-20(27)16-7-6-14(10-17(16)21(24)28)19(26)22-15-5-3-4-13(9-15)12(2)25/h3-10H,1-2H3,(H,22,26). The molecule has 0 unspecified atom stereocenters. The number of ketones is 1. The van der Waals surface area contributed by atoms with Crippen molar-refractivity contribution in [3.63, 3.8) is 0 Å². The van der Waals surface area contributed by atoms with Crippen LogP contribution in [-0.2, 0) is 0 Å². The summed E-state index contributed by atoms with van der Waals surface area (Å²) in [7, 11) is 0. The van der Waals surface area contributed by atoms with Crippen LogP contribution in [0.3, 0.4) is 0 Å². The topological polar surface area (TPSA) is 110 Å². The van der Waals surface area contributed by atoms with Crippen molar-refractivity contribution in [3.05, 3.63) is 76.5 Å². The van der Waals surface area contributed by atoms with E-state index in [0.29, 0.717) is 17.0 Å². The van der Waals surface area contributed by atoms with Gasteiger partial charge in [-0.3, -0.25) is 19.2 Å². The quantitative estimate of drug-likeness (QED) is 0.542. The van der Waals surface area contributed by atoms with Crippen LogP contribution in [0.15, 0.2) is 53.1 Å². The maximum Gasteiger partial charge on any atom is 0.267 e. The summed E-state index contributed by atoms with van der Waals surface area (Å²) in [6, 6.07) is 12.3. The summed E-state index contributed by atoms with van der Waals surface area (Å²) in [4.78, 5) is 50.3. The molecule has 1 aliphatic heterocycles. The molecule has 3 amide bonds. The number of benzene rings is 2. The number of aromatic nitrogens is 1. The highest BCUT2D eigenvalue weighted by Gasteiger charge is 2.38. The van der Waals surface area contributed by atoms with E-state index in [2.05, 4.69) is 10.5 Å². The van der Waals surface area contributed by atoms with Crippen LogP contribution in [0.25, 0.3) is 0 Å². The number of carbonyl (C=O) groups excluding carboxylic acids is 4. The molecule has 0 bridgehead atoms. The van der Waals surface area contributed by atoms with Gasteiger partial charge in [-0.2, -0.15) is 0 Å². The Hall–Kier alpha value is -4.07. The number of nitrogens with one attached hydrogen (secondary N) is 1. The number of nitrogens with zero attached hydrogens (tertiary/aromatic N) is 2. The molecule has 2 heterocycles. The molecule has 0 atom stereocenters. The molecule has 0 radical (unpaired) electrons. The Kier molecular flexibility index (Phi) is 4.31. The van der Waals surface area contributed by atoms with Gasteiger partial charge in [-0.25, -0.2) is 4.90 Å². The molecule has 0 saturated heterocycles. The van der Waals surface area contributed by atoms with Crippen LogP contribution in [0, 0.1) is 6.92 Å². The number of aryl methyl sites for hydroxylation is 1. The van der Waals surface area contributed by atoms with E-state index in [4.69, 9.17) is 4.52 Å². The lowest BCUT2D eigenvalue weighted by Crippen LogP contribution is -2.29. The molecule has 8 nitrogen and oxygen atoms in total. The van der Waals surface area contributed by atoms with Crippen molar-refractivity contribution in [2.24, 2.45) is 0 Å². The number of imide groups is 1. The highest BCUT2D eigenvalue weighted by molar-refractivity contribution is 6.34. The maximum atomic E-state index is 12.7. The molecule has 3 aromatic rings. The molecule has 0 aliphatic carbocycles. The number of fused-ring (bicyclic) bond motifs is 1. The van der Waals surface area contributed by atoms with Gasteiger partial charge in [-0.15, -0.1) is 0 Å². The number of carbonyl (C=O) groups is 4. The van der Waals surface area contributed by atoms with Gasteiger partial charge in [0.1, 0.15) is 5.76 Å². The Morgan fingerprint density at radius 2 is 1.72 bits per heavy atom. The SMILES string of the molecule is CC(=O)c1cccc(NC(=O)c2ccc3c(c2)C(=O)N(c2cc(C)on2)C3=O)c1. The summed E-state index contributed by atoms with van der Waals surface area (Å²) >= 11 is 0. The van der Waals surface area contributed by atoms with Crippen LogP contribution in [0.4, 0.5) is 11.5 Å². The number of rotatable bonds is 4. The molecular weight excluding hydrogens is 374 g/mol. The van der Waals surface area contributed by atoms with Gasteiger partial charge in [-0.05, 0) is 44.2 Å². The molecule has 0 fully saturated rings. The van der Waals surface area contributed by atoms with Crippen molar-refractivity contribution in [2.45, 2.75) is 13.8 Å². The fourth-order valence-corrected chi connectivity index (χ4v) is 3.07. The molecule has 144 valence electrons. The van der Waals surface area contributed by atoms with E-state index in [1.807, 2.05) is 0 Å². The predicted octanol–water partition coefficient (Wildman–Crippen LogP) is 3.24. The minimum absolute atomic E-state index is 0.0979. The second-order valence-corrected chi connectivity index (χ2v) is 6.59. The van der Waals surface area contributed by atoms with Gasteiger partial charge in [-0.1, -0.05) is 17.3 Å². The lowest BCUT2D eigenvalue weighted by atomic mass is 10.0. The van der Waals surface area contributed by atoms with Gasteiger partial charge >= 0.3 is 0 Å². The van der Waals surface area contributed by atoms with Crippen molar-refractivity contribution in [1.29, 1.82) is 0 Å². The number of anilines is 2. The Bertz CT molecular complexity index is 1190. The van der Waals surface area contributed by atoms with Crippen LogP contribution in [-0.4, -0.2) is 28.7 Å². The highest BCUT2D eigenvalue weighted by atomic mass is 16.5. The molecular formula is C21H15N3O5. The van der Waals surface area contributed by atoms with E-state index in [9.17, 15) is 19.2 Å². The van der Waals surface area contributed by atoms with Gasteiger partial charge in [0.15, 0.2) is 11.6 Å². The molecule has 0 saturated carbocycles. The van der Waals surface area contributed by atoms with Crippen molar-refractivity contribution >= 4 is 35.0 Å². The summed E-state index contributed by atoms with van der Waals surface area (Å²) in [5.74, 6) is -1.13. The van der Waals surface area contributed by atoms with Crippen molar-refractivity contribution in [2.75, 3.05) is 10.2 Å². The summed E-state index contributed by atoms with van der Waals surface area (Å²) < 4.78 is 4.94. The zero-order chi connectivity index (χ0) is 20.7. The van der Waals surface area contributed by atoms with E-state index in [-0.39, 0.29) is 28.3 Å². The molecule has 4 rings (SSSR count). The van der Waals surface area contributed by atoms with E-state index in [0.717, 1.165) is 4.90 Å². The predicted molar refractivity (Wildman–Crippen MR) is 103 cm³/mol. The second kappa shape index (κ2) is 6.83. The Morgan fingerprint density at radius 3 is 2.41 bits per heavy atom. The Morgan fingerprint density at radius 1 is 0.966 bits per heavy atom. The van der Waals surface area contributed by atoms with Crippen LogP contribution in [0.2, 0.25) is 0 Å². The molecule has 1 aliphatic rings. The van der Waals surface area contributed by atoms with Crippen molar-refractivity contribution < 1.29 is 23.7 Å². The van der Waals surface area contributed by atoms with Gasteiger partial charge < -0.3 is 9.84 Å². The Balaban J connectivity index is 1.61. The summed E-state index contributed by atoms with van der Waals surface area (Å²) in [6.07, 6.45) is 0. The average molecular weight is 389 g/mol. The molecule has 2 aromatic carbocycles. The van der Waals surface area contributed by atoms with Crippen LogP contribution < -0.4 is 10.2 Å². The lowest BCUT2D eigenvalue weighted by molar-refractivity contribution is 0.0922. The first-order valence-corrected chi connectivity index (χ1v) is 8.73. The minimum atomic E-state index is -0.577. The van der Waals surface area contributed by atoms with E-state index < -0.39 is 17.7 Å². The fourth-order valence-electron chi connectivity index (χ4n) is 3.07. The van der Waals surface area contributed by atoms with Crippen molar-refractivity contribution in [3.8, 4) is 0 Å². The van der Waals surface area contributed by atoms with Gasteiger partial charge in [0, 0.05) is 22.9 Å². The van der Waals surface area contributed by atoms with Crippen LogP contribution >= 0.6 is 0 Å². The Labute approximate surface area is 165 Å². The third-order valence-corrected chi connectivity index (χ3v) is 4.52. The highest BCUT2D eigenvalue weighted by Crippen LogP contribution is 2.29. The zero-order valence-electron chi connectivity index (χ0n) is 15.6. The van der Waals surface area contributed by atoms with Gasteiger partial charge in [0.25, 0.3) is 17.7 Å². The first kappa shape index (κ1) is 18.3. The van der Waals surface area contributed by atoms with Gasteiger partial charge in [0.2, 0.25) is 0 Å². The molecule has 1 aromatic heterocycles. The largest absolute Gasteiger partial charge is 0.360 e. The second-order valence-electron chi connectivity index (χ2n) is 6.59. The third kappa shape index (κ3) is 3.20.